The molecule has 0 atom stereocenters. The van der Waals surface area contributed by atoms with Gasteiger partial charge in [0.15, 0.2) is 0 Å². The van der Waals surface area contributed by atoms with Crippen molar-refractivity contribution in [3.63, 3.8) is 0 Å². The highest BCUT2D eigenvalue weighted by Gasteiger charge is 2.17. The number of hydrogen-bond acceptors (Lipinski definition) is 3. The van der Waals surface area contributed by atoms with Crippen molar-refractivity contribution in [2.45, 2.75) is 25.9 Å². The summed E-state index contributed by atoms with van der Waals surface area (Å²) in [6.45, 7) is 4.62. The molecule has 0 aliphatic carbocycles. The zero-order chi connectivity index (χ0) is 13.1. The summed E-state index contributed by atoms with van der Waals surface area (Å²) in [7, 11) is 1.65. The van der Waals surface area contributed by atoms with Gasteiger partial charge in [-0.1, -0.05) is 15.9 Å². The van der Waals surface area contributed by atoms with E-state index in [0.29, 0.717) is 6.54 Å². The number of methoxy groups -OCH3 is 1. The Morgan fingerprint density at radius 1 is 1.35 bits per heavy atom. The predicted molar refractivity (Wildman–Crippen MR) is 76.4 cm³/mol. The van der Waals surface area contributed by atoms with Crippen LogP contribution in [0.1, 0.15) is 19.4 Å². The molecule has 2 N–H and O–H groups in total. The Kier molecular flexibility index (Phi) is 5.44. The fourth-order valence-corrected chi connectivity index (χ4v) is 2.84. The summed E-state index contributed by atoms with van der Waals surface area (Å²) in [5.41, 5.74) is 0.732. The fourth-order valence-electron chi connectivity index (χ4n) is 1.36. The molecule has 0 saturated carbocycles. The monoisotopic (exact) mass is 365 g/mol. The van der Waals surface area contributed by atoms with E-state index in [2.05, 4.69) is 37.2 Å². The van der Waals surface area contributed by atoms with Crippen molar-refractivity contribution in [1.29, 1.82) is 0 Å². The lowest BCUT2D eigenvalue weighted by Crippen LogP contribution is -2.42. The third kappa shape index (κ3) is 4.25. The quantitative estimate of drug-likeness (QED) is 0.841. The van der Waals surface area contributed by atoms with Gasteiger partial charge in [-0.05, 0) is 41.9 Å². The van der Waals surface area contributed by atoms with Gasteiger partial charge in [0, 0.05) is 22.1 Å². The minimum absolute atomic E-state index is 0.0878. The Hall–Kier alpha value is -0.100. The number of rotatable bonds is 5. The van der Waals surface area contributed by atoms with Crippen molar-refractivity contribution in [2.75, 3.05) is 13.7 Å². The molecular formula is C12H17Br2NO2. The van der Waals surface area contributed by atoms with E-state index in [-0.39, 0.29) is 12.1 Å². The van der Waals surface area contributed by atoms with Crippen LogP contribution in [0.2, 0.25) is 0 Å². The Labute approximate surface area is 119 Å². The summed E-state index contributed by atoms with van der Waals surface area (Å²) in [6, 6.07) is 3.95. The molecule has 5 heteroatoms. The molecule has 0 unspecified atom stereocenters. The van der Waals surface area contributed by atoms with Crippen molar-refractivity contribution in [2.24, 2.45) is 0 Å². The second-order valence-electron chi connectivity index (χ2n) is 4.48. The Morgan fingerprint density at radius 2 is 2.00 bits per heavy atom. The van der Waals surface area contributed by atoms with Gasteiger partial charge >= 0.3 is 0 Å². The number of halogens is 2. The zero-order valence-corrected chi connectivity index (χ0v) is 13.4. The maximum atomic E-state index is 9.20. The van der Waals surface area contributed by atoms with Crippen LogP contribution in [-0.4, -0.2) is 24.4 Å². The van der Waals surface area contributed by atoms with Crippen LogP contribution in [0.3, 0.4) is 0 Å². The summed E-state index contributed by atoms with van der Waals surface area (Å²) in [4.78, 5) is 0. The van der Waals surface area contributed by atoms with Gasteiger partial charge in [0.1, 0.15) is 5.75 Å². The van der Waals surface area contributed by atoms with Crippen molar-refractivity contribution >= 4 is 31.9 Å². The number of aliphatic hydroxyl groups is 1. The first-order chi connectivity index (χ1) is 7.89. The molecular weight excluding hydrogens is 350 g/mol. The predicted octanol–water partition coefficient (Wildman–Crippen LogP) is 3.08. The van der Waals surface area contributed by atoms with E-state index in [1.165, 1.54) is 0 Å². The molecule has 0 aromatic heterocycles. The Bertz CT molecular complexity index is 394. The van der Waals surface area contributed by atoms with E-state index in [4.69, 9.17) is 4.74 Å². The van der Waals surface area contributed by atoms with E-state index >= 15 is 0 Å². The summed E-state index contributed by atoms with van der Waals surface area (Å²) >= 11 is 6.91. The SMILES string of the molecule is COc1c(Br)cc(Br)cc1CNC(C)(C)CO. The van der Waals surface area contributed by atoms with Crippen LogP contribution < -0.4 is 10.1 Å². The van der Waals surface area contributed by atoms with Crippen molar-refractivity contribution in [3.8, 4) is 5.75 Å². The lowest BCUT2D eigenvalue weighted by Gasteiger charge is -2.24. The lowest BCUT2D eigenvalue weighted by atomic mass is 10.1. The van der Waals surface area contributed by atoms with Gasteiger partial charge in [0.2, 0.25) is 0 Å². The van der Waals surface area contributed by atoms with Crippen molar-refractivity contribution in [1.82, 2.24) is 5.32 Å². The molecule has 17 heavy (non-hydrogen) atoms. The van der Waals surface area contributed by atoms with Crippen LogP contribution in [0.5, 0.6) is 5.75 Å². The third-order valence-corrected chi connectivity index (χ3v) is 3.49. The molecule has 1 rings (SSSR count). The van der Waals surface area contributed by atoms with Crippen LogP contribution in [-0.2, 0) is 6.54 Å². The molecule has 0 bridgehead atoms. The summed E-state index contributed by atoms with van der Waals surface area (Å²) in [6.07, 6.45) is 0. The minimum Gasteiger partial charge on any atom is -0.495 e. The molecule has 0 spiro atoms. The maximum absolute atomic E-state index is 9.20. The van der Waals surface area contributed by atoms with E-state index in [1.807, 2.05) is 26.0 Å². The van der Waals surface area contributed by atoms with Gasteiger partial charge in [-0.3, -0.25) is 0 Å². The summed E-state index contributed by atoms with van der Waals surface area (Å²) in [5, 5.41) is 12.5. The van der Waals surface area contributed by atoms with Crippen LogP contribution in [0.4, 0.5) is 0 Å². The Balaban J connectivity index is 2.90. The topological polar surface area (TPSA) is 41.5 Å². The average molecular weight is 367 g/mol. The average Bonchev–Trinajstić information content (AvgIpc) is 2.26. The molecule has 3 nitrogen and oxygen atoms in total. The Morgan fingerprint density at radius 3 is 2.53 bits per heavy atom. The van der Waals surface area contributed by atoms with E-state index in [0.717, 1.165) is 20.3 Å². The number of aliphatic hydroxyl groups excluding tert-OH is 1. The molecule has 0 aliphatic heterocycles. The lowest BCUT2D eigenvalue weighted by molar-refractivity contribution is 0.187. The molecule has 0 heterocycles. The van der Waals surface area contributed by atoms with Crippen LogP contribution in [0, 0.1) is 0 Å². The van der Waals surface area contributed by atoms with Crippen LogP contribution in [0.15, 0.2) is 21.1 Å². The van der Waals surface area contributed by atoms with Gasteiger partial charge in [-0.2, -0.15) is 0 Å². The van der Waals surface area contributed by atoms with E-state index < -0.39 is 0 Å². The normalized spacial score (nSPS) is 11.6. The van der Waals surface area contributed by atoms with Gasteiger partial charge in [0.05, 0.1) is 18.2 Å². The molecule has 96 valence electrons. The molecule has 1 aromatic rings. The highest BCUT2D eigenvalue weighted by molar-refractivity contribution is 9.11. The molecule has 1 aromatic carbocycles. The zero-order valence-electron chi connectivity index (χ0n) is 10.2. The fraction of sp³-hybridized carbons (Fsp3) is 0.500. The second kappa shape index (κ2) is 6.18. The van der Waals surface area contributed by atoms with Gasteiger partial charge < -0.3 is 15.2 Å². The number of hydrogen-bond donors (Lipinski definition) is 2. The minimum atomic E-state index is -0.306. The molecule has 0 amide bonds. The molecule has 0 radical (unpaired) electrons. The van der Waals surface area contributed by atoms with Crippen LogP contribution in [0.25, 0.3) is 0 Å². The highest BCUT2D eigenvalue weighted by atomic mass is 79.9. The molecule has 0 fully saturated rings. The van der Waals surface area contributed by atoms with Crippen molar-refractivity contribution < 1.29 is 9.84 Å². The number of benzene rings is 1. The third-order valence-electron chi connectivity index (χ3n) is 2.44. The summed E-state index contributed by atoms with van der Waals surface area (Å²) < 4.78 is 7.26. The van der Waals surface area contributed by atoms with Gasteiger partial charge in [-0.25, -0.2) is 0 Å². The largest absolute Gasteiger partial charge is 0.495 e. The van der Waals surface area contributed by atoms with Gasteiger partial charge in [-0.15, -0.1) is 0 Å². The second-order valence-corrected chi connectivity index (χ2v) is 6.25. The molecule has 0 saturated heterocycles. The molecule has 0 aliphatic rings. The first-order valence-electron chi connectivity index (χ1n) is 5.27. The van der Waals surface area contributed by atoms with Crippen LogP contribution >= 0.6 is 31.9 Å². The standard InChI is InChI=1S/C12H17Br2NO2/c1-12(2,7-16)15-6-8-4-9(13)5-10(14)11(8)17-3/h4-5,15-16H,6-7H2,1-3H3. The van der Waals surface area contributed by atoms with E-state index in [9.17, 15) is 5.11 Å². The summed E-state index contributed by atoms with van der Waals surface area (Å²) in [5.74, 6) is 0.814. The highest BCUT2D eigenvalue weighted by Crippen LogP contribution is 2.32. The number of ether oxygens (including phenoxy) is 1. The van der Waals surface area contributed by atoms with Crippen molar-refractivity contribution in [3.05, 3.63) is 26.6 Å². The first-order valence-corrected chi connectivity index (χ1v) is 6.86. The maximum Gasteiger partial charge on any atom is 0.137 e. The van der Waals surface area contributed by atoms with Gasteiger partial charge in [0.25, 0.3) is 0 Å². The first kappa shape index (κ1) is 15.0. The number of nitrogens with one attached hydrogen (secondary N) is 1. The smallest absolute Gasteiger partial charge is 0.137 e. The van der Waals surface area contributed by atoms with E-state index in [1.54, 1.807) is 7.11 Å².